The molecule has 1 aromatic carbocycles. The number of halogens is 2. The predicted molar refractivity (Wildman–Crippen MR) is 74.5 cm³/mol. The Hall–Kier alpha value is -1.04. The summed E-state index contributed by atoms with van der Waals surface area (Å²) >= 11 is 0. The van der Waals surface area contributed by atoms with Gasteiger partial charge in [0.15, 0.2) is 0 Å². The van der Waals surface area contributed by atoms with Crippen LogP contribution in [0.3, 0.4) is 0 Å². The van der Waals surface area contributed by atoms with Crippen LogP contribution in [-0.2, 0) is 0 Å². The van der Waals surface area contributed by atoms with E-state index in [-0.39, 0.29) is 12.1 Å². The van der Waals surface area contributed by atoms with Crippen molar-refractivity contribution in [3.05, 3.63) is 35.4 Å². The topological polar surface area (TPSA) is 35.5 Å². The van der Waals surface area contributed by atoms with E-state index in [1.807, 2.05) is 0 Å². The lowest BCUT2D eigenvalue weighted by atomic mass is 10.1. The van der Waals surface area contributed by atoms with Crippen molar-refractivity contribution in [2.45, 2.75) is 31.9 Å². The number of hydrogen-bond donors (Lipinski definition) is 2. The third-order valence-corrected chi connectivity index (χ3v) is 3.87. The summed E-state index contributed by atoms with van der Waals surface area (Å²) in [5.74, 6) is -1.40. The second-order valence-corrected chi connectivity index (χ2v) is 5.40. The zero-order chi connectivity index (χ0) is 14.5. The Bertz CT molecular complexity index is 416. The van der Waals surface area contributed by atoms with Gasteiger partial charge in [-0.05, 0) is 45.0 Å². The molecule has 0 saturated carbocycles. The molecule has 112 valence electrons. The fraction of sp³-hybridized carbons (Fsp3) is 0.600. The zero-order valence-electron chi connectivity index (χ0n) is 11.8. The van der Waals surface area contributed by atoms with Crippen LogP contribution >= 0.6 is 0 Å². The summed E-state index contributed by atoms with van der Waals surface area (Å²) in [4.78, 5) is 2.38. The molecule has 1 aliphatic rings. The van der Waals surface area contributed by atoms with Crippen molar-refractivity contribution < 1.29 is 13.9 Å². The molecule has 20 heavy (non-hydrogen) atoms. The standard InChI is InChI=1S/C15H22F2N2O/c1-11(19-7-2-3-8-19)9-18-10-14(20)15-12(16)5-4-6-13(15)17/h4-6,11,14,18,20H,2-3,7-10H2,1H3. The molecule has 1 fully saturated rings. The van der Waals surface area contributed by atoms with Gasteiger partial charge in [0.2, 0.25) is 0 Å². The number of rotatable bonds is 6. The Morgan fingerprint density at radius 2 is 1.80 bits per heavy atom. The molecule has 2 N–H and O–H groups in total. The SMILES string of the molecule is CC(CNCC(O)c1c(F)cccc1F)N1CCCC1. The van der Waals surface area contributed by atoms with E-state index in [9.17, 15) is 13.9 Å². The molecule has 0 amide bonds. The van der Waals surface area contributed by atoms with Crippen molar-refractivity contribution in [2.75, 3.05) is 26.2 Å². The molecule has 0 spiro atoms. The molecule has 5 heteroatoms. The highest BCUT2D eigenvalue weighted by molar-refractivity contribution is 5.22. The van der Waals surface area contributed by atoms with Crippen molar-refractivity contribution in [1.29, 1.82) is 0 Å². The second kappa shape index (κ2) is 7.11. The minimum absolute atomic E-state index is 0.149. The van der Waals surface area contributed by atoms with Gasteiger partial charge in [-0.1, -0.05) is 6.07 Å². The highest BCUT2D eigenvalue weighted by atomic mass is 19.1. The number of benzene rings is 1. The van der Waals surface area contributed by atoms with Crippen molar-refractivity contribution >= 4 is 0 Å². The number of nitrogens with zero attached hydrogens (tertiary/aromatic N) is 1. The molecule has 0 aliphatic carbocycles. The van der Waals surface area contributed by atoms with E-state index < -0.39 is 17.7 Å². The van der Waals surface area contributed by atoms with Crippen LogP contribution in [0.15, 0.2) is 18.2 Å². The Balaban J connectivity index is 1.81. The van der Waals surface area contributed by atoms with E-state index in [0.29, 0.717) is 12.6 Å². The smallest absolute Gasteiger partial charge is 0.131 e. The maximum Gasteiger partial charge on any atom is 0.131 e. The van der Waals surface area contributed by atoms with Gasteiger partial charge in [0.05, 0.1) is 11.7 Å². The second-order valence-electron chi connectivity index (χ2n) is 5.40. The minimum atomic E-state index is -1.16. The van der Waals surface area contributed by atoms with E-state index in [4.69, 9.17) is 0 Å². The van der Waals surface area contributed by atoms with Crippen LogP contribution in [0.4, 0.5) is 8.78 Å². The monoisotopic (exact) mass is 284 g/mol. The molecule has 1 saturated heterocycles. The van der Waals surface area contributed by atoms with E-state index in [1.165, 1.54) is 18.9 Å². The summed E-state index contributed by atoms with van der Waals surface area (Å²) in [6.07, 6.45) is 1.29. The molecular formula is C15H22F2N2O. The normalized spacial score (nSPS) is 19.2. The Morgan fingerprint density at radius 1 is 1.20 bits per heavy atom. The lowest BCUT2D eigenvalue weighted by Crippen LogP contribution is -2.39. The first kappa shape index (κ1) is 15.4. The molecule has 1 aliphatic heterocycles. The number of nitrogens with one attached hydrogen (secondary N) is 1. The molecule has 0 bridgehead atoms. The molecule has 3 nitrogen and oxygen atoms in total. The quantitative estimate of drug-likeness (QED) is 0.839. The first-order chi connectivity index (χ1) is 9.59. The van der Waals surface area contributed by atoms with E-state index in [0.717, 1.165) is 25.2 Å². The Morgan fingerprint density at radius 3 is 2.40 bits per heavy atom. The Labute approximate surface area is 118 Å². The van der Waals surface area contributed by atoms with Crippen molar-refractivity contribution in [3.63, 3.8) is 0 Å². The molecule has 0 radical (unpaired) electrons. The van der Waals surface area contributed by atoms with Crippen molar-refractivity contribution in [1.82, 2.24) is 10.2 Å². The minimum Gasteiger partial charge on any atom is -0.387 e. The maximum atomic E-state index is 13.5. The number of aliphatic hydroxyl groups is 1. The first-order valence-corrected chi connectivity index (χ1v) is 7.16. The van der Waals surface area contributed by atoms with E-state index in [1.54, 1.807) is 0 Å². The summed E-state index contributed by atoms with van der Waals surface area (Å²) < 4.78 is 27.0. The number of aliphatic hydroxyl groups excluding tert-OH is 1. The predicted octanol–water partition coefficient (Wildman–Crippen LogP) is 2.07. The lowest BCUT2D eigenvalue weighted by Gasteiger charge is -2.24. The maximum absolute atomic E-state index is 13.5. The third-order valence-electron chi connectivity index (χ3n) is 3.87. The van der Waals surface area contributed by atoms with Crippen LogP contribution in [0.25, 0.3) is 0 Å². The summed E-state index contributed by atoms with van der Waals surface area (Å²) in [5, 5.41) is 13.0. The van der Waals surface area contributed by atoms with Crippen LogP contribution in [0.5, 0.6) is 0 Å². The fourth-order valence-corrected chi connectivity index (χ4v) is 2.67. The molecular weight excluding hydrogens is 262 g/mol. The molecule has 2 atom stereocenters. The van der Waals surface area contributed by atoms with Gasteiger partial charge < -0.3 is 10.4 Å². The molecule has 1 aromatic rings. The summed E-state index contributed by atoms with van der Waals surface area (Å²) in [6, 6.07) is 3.99. The largest absolute Gasteiger partial charge is 0.387 e. The first-order valence-electron chi connectivity index (χ1n) is 7.16. The van der Waals surface area contributed by atoms with Crippen LogP contribution < -0.4 is 5.32 Å². The lowest BCUT2D eigenvalue weighted by molar-refractivity contribution is 0.159. The van der Waals surface area contributed by atoms with Gasteiger partial charge in [0.1, 0.15) is 11.6 Å². The van der Waals surface area contributed by atoms with Gasteiger partial charge in [-0.2, -0.15) is 0 Å². The van der Waals surface area contributed by atoms with Gasteiger partial charge in [0.25, 0.3) is 0 Å². The molecule has 0 aromatic heterocycles. The van der Waals surface area contributed by atoms with Gasteiger partial charge >= 0.3 is 0 Å². The molecule has 2 unspecified atom stereocenters. The average molecular weight is 284 g/mol. The average Bonchev–Trinajstić information content (AvgIpc) is 2.92. The van der Waals surface area contributed by atoms with E-state index >= 15 is 0 Å². The van der Waals surface area contributed by atoms with Crippen LogP contribution in [-0.4, -0.2) is 42.2 Å². The fourth-order valence-electron chi connectivity index (χ4n) is 2.67. The molecule has 2 rings (SSSR count). The summed E-state index contributed by atoms with van der Waals surface area (Å²) in [5.41, 5.74) is -0.256. The van der Waals surface area contributed by atoms with Gasteiger partial charge in [-0.15, -0.1) is 0 Å². The number of hydrogen-bond acceptors (Lipinski definition) is 3. The summed E-state index contributed by atoms with van der Waals surface area (Å²) in [6.45, 7) is 5.18. The van der Waals surface area contributed by atoms with Crippen molar-refractivity contribution in [2.24, 2.45) is 0 Å². The van der Waals surface area contributed by atoms with Crippen molar-refractivity contribution in [3.8, 4) is 0 Å². The summed E-state index contributed by atoms with van der Waals surface area (Å²) in [7, 11) is 0. The Kier molecular flexibility index (Phi) is 5.46. The van der Waals surface area contributed by atoms with Crippen LogP contribution in [0.1, 0.15) is 31.4 Å². The van der Waals surface area contributed by atoms with Crippen LogP contribution in [0.2, 0.25) is 0 Å². The van der Waals surface area contributed by atoms with Crippen LogP contribution in [0, 0.1) is 11.6 Å². The molecule has 1 heterocycles. The van der Waals surface area contributed by atoms with Gasteiger partial charge in [-0.3, -0.25) is 4.90 Å². The zero-order valence-corrected chi connectivity index (χ0v) is 11.8. The van der Waals surface area contributed by atoms with E-state index in [2.05, 4.69) is 17.1 Å². The highest BCUT2D eigenvalue weighted by Gasteiger charge is 2.20. The third kappa shape index (κ3) is 3.75. The highest BCUT2D eigenvalue weighted by Crippen LogP contribution is 2.20. The van der Waals surface area contributed by atoms with Gasteiger partial charge in [0, 0.05) is 19.1 Å². The van der Waals surface area contributed by atoms with Gasteiger partial charge in [-0.25, -0.2) is 8.78 Å². The number of likely N-dealkylation sites (tertiary alicyclic amines) is 1.